The zero-order chi connectivity index (χ0) is 13.7. The van der Waals surface area contributed by atoms with E-state index in [1.54, 1.807) is 0 Å². The van der Waals surface area contributed by atoms with Crippen molar-refractivity contribution in [3.63, 3.8) is 0 Å². The van der Waals surface area contributed by atoms with Crippen LogP contribution in [0.2, 0.25) is 0 Å². The Labute approximate surface area is 118 Å². The van der Waals surface area contributed by atoms with E-state index in [0.29, 0.717) is 0 Å². The van der Waals surface area contributed by atoms with Gasteiger partial charge in [0, 0.05) is 24.8 Å². The molecular weight excluding hydrogens is 232 g/mol. The van der Waals surface area contributed by atoms with Crippen LogP contribution in [-0.2, 0) is 6.42 Å². The SMILES string of the molecule is CC(C)CN(CCc1cccc(N)c1)C1CCCC1. The minimum Gasteiger partial charge on any atom is -0.399 e. The number of benzene rings is 1. The van der Waals surface area contributed by atoms with Gasteiger partial charge >= 0.3 is 0 Å². The van der Waals surface area contributed by atoms with Gasteiger partial charge in [0.05, 0.1) is 0 Å². The van der Waals surface area contributed by atoms with Gasteiger partial charge in [0.1, 0.15) is 0 Å². The first-order valence-electron chi connectivity index (χ1n) is 7.73. The quantitative estimate of drug-likeness (QED) is 0.790. The first-order chi connectivity index (χ1) is 9.15. The standard InChI is InChI=1S/C17H28N2/c1-14(2)13-19(17-8-3-4-9-17)11-10-15-6-5-7-16(18)12-15/h5-7,12,14,17H,3-4,8-11,13,18H2,1-2H3. The van der Waals surface area contributed by atoms with E-state index in [1.165, 1.54) is 44.3 Å². The van der Waals surface area contributed by atoms with Gasteiger partial charge in [-0.05, 0) is 42.9 Å². The summed E-state index contributed by atoms with van der Waals surface area (Å²) in [6, 6.07) is 9.16. The van der Waals surface area contributed by atoms with E-state index in [1.807, 2.05) is 6.07 Å². The van der Waals surface area contributed by atoms with Gasteiger partial charge in [0.2, 0.25) is 0 Å². The molecular formula is C17H28N2. The molecule has 2 N–H and O–H groups in total. The third-order valence-corrected chi connectivity index (χ3v) is 4.08. The highest BCUT2D eigenvalue weighted by Crippen LogP contribution is 2.24. The molecule has 106 valence electrons. The molecule has 2 nitrogen and oxygen atoms in total. The largest absolute Gasteiger partial charge is 0.399 e. The molecule has 0 radical (unpaired) electrons. The lowest BCUT2D eigenvalue weighted by atomic mass is 10.1. The average molecular weight is 260 g/mol. The van der Waals surface area contributed by atoms with Gasteiger partial charge in [-0.15, -0.1) is 0 Å². The van der Waals surface area contributed by atoms with Crippen LogP contribution >= 0.6 is 0 Å². The summed E-state index contributed by atoms with van der Waals surface area (Å²) < 4.78 is 0. The van der Waals surface area contributed by atoms with Crippen molar-refractivity contribution in [1.82, 2.24) is 4.90 Å². The van der Waals surface area contributed by atoms with Crippen molar-refractivity contribution in [2.45, 2.75) is 52.0 Å². The van der Waals surface area contributed by atoms with Crippen molar-refractivity contribution in [3.8, 4) is 0 Å². The predicted molar refractivity (Wildman–Crippen MR) is 83.2 cm³/mol. The number of hydrogen-bond acceptors (Lipinski definition) is 2. The molecule has 0 saturated heterocycles. The van der Waals surface area contributed by atoms with Crippen LogP contribution < -0.4 is 5.73 Å². The highest BCUT2D eigenvalue weighted by molar-refractivity contribution is 5.40. The number of rotatable bonds is 6. The average Bonchev–Trinajstić information content (AvgIpc) is 2.88. The summed E-state index contributed by atoms with van der Waals surface area (Å²) in [5, 5.41) is 0. The molecule has 0 aromatic heterocycles. The molecule has 0 spiro atoms. The maximum absolute atomic E-state index is 5.85. The van der Waals surface area contributed by atoms with Crippen molar-refractivity contribution in [2.75, 3.05) is 18.8 Å². The molecule has 2 rings (SSSR count). The van der Waals surface area contributed by atoms with E-state index in [-0.39, 0.29) is 0 Å². The lowest BCUT2D eigenvalue weighted by Crippen LogP contribution is -2.37. The van der Waals surface area contributed by atoms with Crippen LogP contribution in [0.15, 0.2) is 24.3 Å². The lowest BCUT2D eigenvalue weighted by molar-refractivity contribution is 0.179. The number of nitrogens with zero attached hydrogens (tertiary/aromatic N) is 1. The molecule has 1 aliphatic rings. The number of anilines is 1. The van der Waals surface area contributed by atoms with Crippen LogP contribution in [0.4, 0.5) is 5.69 Å². The zero-order valence-corrected chi connectivity index (χ0v) is 12.4. The van der Waals surface area contributed by atoms with Crippen molar-refractivity contribution >= 4 is 5.69 Å². The first kappa shape index (κ1) is 14.4. The van der Waals surface area contributed by atoms with Gasteiger partial charge in [0.25, 0.3) is 0 Å². The van der Waals surface area contributed by atoms with E-state index in [4.69, 9.17) is 5.73 Å². The van der Waals surface area contributed by atoms with Crippen molar-refractivity contribution in [2.24, 2.45) is 5.92 Å². The molecule has 1 saturated carbocycles. The number of nitrogen functional groups attached to an aromatic ring is 1. The van der Waals surface area contributed by atoms with Crippen molar-refractivity contribution in [3.05, 3.63) is 29.8 Å². The van der Waals surface area contributed by atoms with Gasteiger partial charge in [0.15, 0.2) is 0 Å². The number of nitrogens with two attached hydrogens (primary N) is 1. The lowest BCUT2D eigenvalue weighted by Gasteiger charge is -2.30. The molecule has 0 unspecified atom stereocenters. The smallest absolute Gasteiger partial charge is 0.0316 e. The molecule has 0 amide bonds. The zero-order valence-electron chi connectivity index (χ0n) is 12.4. The molecule has 2 heteroatoms. The second kappa shape index (κ2) is 6.95. The molecule has 19 heavy (non-hydrogen) atoms. The second-order valence-corrected chi connectivity index (χ2v) is 6.32. The molecule has 0 heterocycles. The summed E-state index contributed by atoms with van der Waals surface area (Å²) in [7, 11) is 0. The van der Waals surface area contributed by atoms with Crippen LogP contribution in [0.3, 0.4) is 0 Å². The minimum absolute atomic E-state index is 0.751. The van der Waals surface area contributed by atoms with E-state index in [2.05, 4.69) is 36.9 Å². The minimum atomic E-state index is 0.751. The summed E-state index contributed by atoms with van der Waals surface area (Å²) in [6.07, 6.45) is 6.73. The van der Waals surface area contributed by atoms with Crippen LogP contribution in [-0.4, -0.2) is 24.0 Å². The van der Waals surface area contributed by atoms with Crippen LogP contribution in [0.25, 0.3) is 0 Å². The fraction of sp³-hybridized carbons (Fsp3) is 0.647. The van der Waals surface area contributed by atoms with Crippen molar-refractivity contribution < 1.29 is 0 Å². The molecule has 0 bridgehead atoms. The van der Waals surface area contributed by atoms with Crippen LogP contribution in [0.1, 0.15) is 45.1 Å². The molecule has 1 fully saturated rings. The Hall–Kier alpha value is -1.02. The second-order valence-electron chi connectivity index (χ2n) is 6.32. The molecule has 1 aliphatic carbocycles. The van der Waals surface area contributed by atoms with Gasteiger partial charge in [-0.3, -0.25) is 4.90 Å². The summed E-state index contributed by atoms with van der Waals surface area (Å²) in [4.78, 5) is 2.71. The third kappa shape index (κ3) is 4.54. The summed E-state index contributed by atoms with van der Waals surface area (Å²) in [5.41, 5.74) is 8.10. The molecule has 1 aromatic rings. The molecule has 1 aromatic carbocycles. The summed E-state index contributed by atoms with van der Waals surface area (Å²) in [5.74, 6) is 0.751. The number of hydrogen-bond donors (Lipinski definition) is 1. The van der Waals surface area contributed by atoms with Gasteiger partial charge in [-0.2, -0.15) is 0 Å². The summed E-state index contributed by atoms with van der Waals surface area (Å²) >= 11 is 0. The maximum Gasteiger partial charge on any atom is 0.0316 e. The Kier molecular flexibility index (Phi) is 5.26. The van der Waals surface area contributed by atoms with Crippen molar-refractivity contribution in [1.29, 1.82) is 0 Å². The van der Waals surface area contributed by atoms with Gasteiger partial charge in [-0.1, -0.05) is 38.8 Å². The summed E-state index contributed by atoms with van der Waals surface area (Å²) in [6.45, 7) is 7.05. The Balaban J connectivity index is 1.91. The van der Waals surface area contributed by atoms with Gasteiger partial charge < -0.3 is 5.73 Å². The predicted octanol–water partition coefficient (Wildman–Crippen LogP) is 3.71. The van der Waals surface area contributed by atoms with E-state index >= 15 is 0 Å². The van der Waals surface area contributed by atoms with E-state index in [9.17, 15) is 0 Å². The maximum atomic E-state index is 5.85. The monoisotopic (exact) mass is 260 g/mol. The fourth-order valence-corrected chi connectivity index (χ4v) is 3.18. The molecule has 0 aliphatic heterocycles. The Bertz CT molecular complexity index is 381. The Morgan fingerprint density at radius 3 is 2.63 bits per heavy atom. The fourth-order valence-electron chi connectivity index (χ4n) is 3.18. The van der Waals surface area contributed by atoms with Gasteiger partial charge in [-0.25, -0.2) is 0 Å². The van der Waals surface area contributed by atoms with Crippen LogP contribution in [0.5, 0.6) is 0 Å². The first-order valence-corrected chi connectivity index (χ1v) is 7.73. The van der Waals surface area contributed by atoms with E-state index < -0.39 is 0 Å². The Morgan fingerprint density at radius 2 is 2.00 bits per heavy atom. The normalized spacial score (nSPS) is 16.6. The molecule has 0 atom stereocenters. The highest BCUT2D eigenvalue weighted by Gasteiger charge is 2.22. The third-order valence-electron chi connectivity index (χ3n) is 4.08. The van der Waals surface area contributed by atoms with Crippen LogP contribution in [0, 0.1) is 5.92 Å². The highest BCUT2D eigenvalue weighted by atomic mass is 15.2. The topological polar surface area (TPSA) is 29.3 Å². The van der Waals surface area contributed by atoms with E-state index in [0.717, 1.165) is 24.1 Å². The Morgan fingerprint density at radius 1 is 1.26 bits per heavy atom.